The van der Waals surface area contributed by atoms with Crippen LogP contribution < -0.4 is 20.2 Å². The van der Waals surface area contributed by atoms with Gasteiger partial charge in [-0.05, 0) is 54.1 Å². The summed E-state index contributed by atoms with van der Waals surface area (Å²) in [5, 5.41) is 6.35. The van der Waals surface area contributed by atoms with Gasteiger partial charge in [0.1, 0.15) is 11.5 Å². The van der Waals surface area contributed by atoms with E-state index in [0.29, 0.717) is 11.3 Å². The van der Waals surface area contributed by atoms with Crippen LogP contribution in [0.2, 0.25) is 0 Å². The van der Waals surface area contributed by atoms with Gasteiger partial charge >= 0.3 is 0 Å². The molecule has 130 valence electrons. The molecule has 0 spiro atoms. The third-order valence-electron chi connectivity index (χ3n) is 3.28. The first-order chi connectivity index (χ1) is 12.1. The summed E-state index contributed by atoms with van der Waals surface area (Å²) in [7, 11) is 3.13. The molecule has 25 heavy (non-hydrogen) atoms. The van der Waals surface area contributed by atoms with Crippen LogP contribution in [-0.4, -0.2) is 38.8 Å². The van der Waals surface area contributed by atoms with Crippen molar-refractivity contribution in [2.75, 3.05) is 20.8 Å². The monoisotopic (exact) mass is 341 g/mol. The normalized spacial score (nSPS) is 10.3. The quantitative estimate of drug-likeness (QED) is 0.591. The van der Waals surface area contributed by atoms with Crippen LogP contribution in [0.25, 0.3) is 0 Å². The Balaban J connectivity index is 1.77. The van der Waals surface area contributed by atoms with Crippen molar-refractivity contribution in [1.29, 1.82) is 0 Å². The maximum absolute atomic E-state index is 11.9. The molecule has 0 heterocycles. The molecule has 0 atom stereocenters. The Kier molecular flexibility index (Phi) is 6.53. The average molecular weight is 341 g/mol. The lowest BCUT2D eigenvalue weighted by Crippen LogP contribution is -2.34. The Bertz CT molecular complexity index is 740. The topological polar surface area (TPSA) is 89.0 Å². The third kappa shape index (κ3) is 5.65. The third-order valence-corrected chi connectivity index (χ3v) is 3.28. The van der Waals surface area contributed by atoms with Crippen LogP contribution in [0.5, 0.6) is 11.5 Å². The molecule has 0 unspecified atom stereocenters. The van der Waals surface area contributed by atoms with Gasteiger partial charge in [0.05, 0.1) is 27.0 Å². The summed E-state index contributed by atoms with van der Waals surface area (Å²) in [4.78, 5) is 23.6. The predicted octanol–water partition coefficient (Wildman–Crippen LogP) is 1.58. The number of carbonyl (C=O) groups is 2. The molecule has 2 rings (SSSR count). The van der Waals surface area contributed by atoms with E-state index in [1.165, 1.54) is 6.21 Å². The highest BCUT2D eigenvalue weighted by Crippen LogP contribution is 2.11. The number of methoxy groups -OCH3 is 2. The van der Waals surface area contributed by atoms with Crippen molar-refractivity contribution < 1.29 is 19.1 Å². The number of carbonyl (C=O) groups excluding carboxylic acids is 2. The summed E-state index contributed by atoms with van der Waals surface area (Å²) in [5.41, 5.74) is 3.60. The zero-order valence-electron chi connectivity index (χ0n) is 14.0. The molecule has 0 radical (unpaired) electrons. The van der Waals surface area contributed by atoms with Gasteiger partial charge in [-0.2, -0.15) is 5.10 Å². The lowest BCUT2D eigenvalue weighted by Gasteiger charge is -2.05. The molecule has 0 saturated carbocycles. The number of benzene rings is 2. The largest absolute Gasteiger partial charge is 0.497 e. The maximum Gasteiger partial charge on any atom is 0.259 e. The molecular weight excluding hydrogens is 322 g/mol. The number of hydrogen-bond acceptors (Lipinski definition) is 5. The Labute approximate surface area is 145 Å². The van der Waals surface area contributed by atoms with Crippen LogP contribution in [0.1, 0.15) is 15.9 Å². The molecule has 2 aromatic carbocycles. The van der Waals surface area contributed by atoms with Gasteiger partial charge in [-0.1, -0.05) is 0 Å². The van der Waals surface area contributed by atoms with E-state index in [1.54, 1.807) is 62.8 Å². The second-order valence-corrected chi connectivity index (χ2v) is 4.98. The number of nitrogens with one attached hydrogen (secondary N) is 2. The highest BCUT2D eigenvalue weighted by Gasteiger charge is 2.07. The molecule has 7 nitrogen and oxygen atoms in total. The first-order valence-corrected chi connectivity index (χ1v) is 7.50. The van der Waals surface area contributed by atoms with Crippen molar-refractivity contribution in [1.82, 2.24) is 10.7 Å². The molecule has 0 bridgehead atoms. The van der Waals surface area contributed by atoms with Gasteiger partial charge in [-0.25, -0.2) is 5.43 Å². The maximum atomic E-state index is 11.9. The standard InChI is InChI=1S/C18H19N3O4/c1-24-15-7-3-13(4-8-15)11-20-21-17(22)12-19-18(23)14-5-9-16(25-2)10-6-14/h3-11H,12H2,1-2H3,(H,19,23)(H,21,22)/b20-11+. The highest BCUT2D eigenvalue weighted by atomic mass is 16.5. The zero-order chi connectivity index (χ0) is 18.1. The lowest BCUT2D eigenvalue weighted by molar-refractivity contribution is -0.120. The fraction of sp³-hybridized carbons (Fsp3) is 0.167. The molecule has 0 fully saturated rings. The summed E-state index contributed by atoms with van der Waals surface area (Å²) in [5.74, 6) is 0.619. The lowest BCUT2D eigenvalue weighted by atomic mass is 10.2. The van der Waals surface area contributed by atoms with Gasteiger partial charge in [0.2, 0.25) is 0 Å². The van der Waals surface area contributed by atoms with E-state index in [9.17, 15) is 9.59 Å². The fourth-order valence-corrected chi connectivity index (χ4v) is 1.91. The van der Waals surface area contributed by atoms with Crippen molar-refractivity contribution in [3.05, 3.63) is 59.7 Å². The van der Waals surface area contributed by atoms with E-state index in [4.69, 9.17) is 9.47 Å². The van der Waals surface area contributed by atoms with E-state index in [-0.39, 0.29) is 12.5 Å². The molecule has 2 N–H and O–H groups in total. The second kappa shape index (κ2) is 9.07. The Hall–Kier alpha value is -3.35. The first-order valence-electron chi connectivity index (χ1n) is 7.50. The second-order valence-electron chi connectivity index (χ2n) is 4.98. The molecule has 0 aliphatic rings. The summed E-state index contributed by atoms with van der Waals surface area (Å²) in [6, 6.07) is 13.8. The molecule has 2 aromatic rings. The molecule has 0 saturated heterocycles. The van der Waals surface area contributed by atoms with Gasteiger partial charge in [0.25, 0.3) is 11.8 Å². The van der Waals surface area contributed by atoms with Gasteiger partial charge in [0.15, 0.2) is 0 Å². The summed E-state index contributed by atoms with van der Waals surface area (Å²) < 4.78 is 10.1. The van der Waals surface area contributed by atoms with Gasteiger partial charge in [-0.3, -0.25) is 9.59 Å². The van der Waals surface area contributed by atoms with E-state index in [1.807, 2.05) is 0 Å². The van der Waals surface area contributed by atoms with Crippen molar-refractivity contribution in [2.45, 2.75) is 0 Å². The number of ether oxygens (including phenoxy) is 2. The number of hydrazone groups is 1. The minimum Gasteiger partial charge on any atom is -0.497 e. The van der Waals surface area contributed by atoms with Crippen LogP contribution >= 0.6 is 0 Å². The molecular formula is C18H19N3O4. The van der Waals surface area contributed by atoms with Gasteiger partial charge in [0, 0.05) is 5.56 Å². The Morgan fingerprint density at radius 1 is 0.960 bits per heavy atom. The SMILES string of the molecule is COc1ccc(/C=N/NC(=O)CNC(=O)c2ccc(OC)cc2)cc1. The number of hydrogen-bond donors (Lipinski definition) is 2. The van der Waals surface area contributed by atoms with E-state index < -0.39 is 5.91 Å². The van der Waals surface area contributed by atoms with Gasteiger partial charge in [-0.15, -0.1) is 0 Å². The predicted molar refractivity (Wildman–Crippen MR) is 94.1 cm³/mol. The highest BCUT2D eigenvalue weighted by molar-refractivity contribution is 5.96. The van der Waals surface area contributed by atoms with Crippen LogP contribution in [0.4, 0.5) is 0 Å². The van der Waals surface area contributed by atoms with Crippen molar-refractivity contribution in [3.63, 3.8) is 0 Å². The molecule has 0 aliphatic carbocycles. The van der Waals surface area contributed by atoms with E-state index in [0.717, 1.165) is 11.3 Å². The van der Waals surface area contributed by atoms with E-state index in [2.05, 4.69) is 15.8 Å². The summed E-state index contributed by atoms with van der Waals surface area (Å²) in [6.45, 7) is -0.176. The van der Waals surface area contributed by atoms with Crippen LogP contribution in [-0.2, 0) is 4.79 Å². The van der Waals surface area contributed by atoms with E-state index >= 15 is 0 Å². The Morgan fingerprint density at radius 3 is 2.08 bits per heavy atom. The van der Waals surface area contributed by atoms with Crippen molar-refractivity contribution in [2.24, 2.45) is 5.10 Å². The first kappa shape index (κ1) is 18.0. The molecule has 2 amide bonds. The number of rotatable bonds is 7. The summed E-state index contributed by atoms with van der Waals surface area (Å²) >= 11 is 0. The minimum atomic E-state index is -0.424. The molecule has 0 aliphatic heterocycles. The number of nitrogens with zero attached hydrogens (tertiary/aromatic N) is 1. The van der Waals surface area contributed by atoms with Crippen molar-refractivity contribution >= 4 is 18.0 Å². The van der Waals surface area contributed by atoms with Crippen LogP contribution in [0.15, 0.2) is 53.6 Å². The number of amides is 2. The summed E-state index contributed by atoms with van der Waals surface area (Å²) in [6.07, 6.45) is 1.50. The minimum absolute atomic E-state index is 0.176. The molecule has 0 aromatic heterocycles. The zero-order valence-corrected chi connectivity index (χ0v) is 14.0. The average Bonchev–Trinajstić information content (AvgIpc) is 2.66. The smallest absolute Gasteiger partial charge is 0.259 e. The van der Waals surface area contributed by atoms with Gasteiger partial charge < -0.3 is 14.8 Å². The van der Waals surface area contributed by atoms with Crippen LogP contribution in [0.3, 0.4) is 0 Å². The fourth-order valence-electron chi connectivity index (χ4n) is 1.91. The van der Waals surface area contributed by atoms with Crippen LogP contribution in [0, 0.1) is 0 Å². The molecule has 7 heteroatoms. The Morgan fingerprint density at radius 2 is 1.52 bits per heavy atom. The van der Waals surface area contributed by atoms with Crippen molar-refractivity contribution in [3.8, 4) is 11.5 Å².